The molecular formula is C11H14ClNO5S2. The van der Waals surface area contributed by atoms with Crippen molar-refractivity contribution in [2.24, 2.45) is 0 Å². The lowest BCUT2D eigenvalue weighted by atomic mass is 10.2. The van der Waals surface area contributed by atoms with E-state index in [0.29, 0.717) is 0 Å². The molecule has 0 spiro atoms. The number of sulfone groups is 1. The van der Waals surface area contributed by atoms with Gasteiger partial charge in [-0.25, -0.2) is 16.8 Å². The first-order valence-electron chi connectivity index (χ1n) is 5.69. The van der Waals surface area contributed by atoms with E-state index in [1.165, 1.54) is 25.1 Å². The number of hydrogen-bond donors (Lipinski definition) is 1. The van der Waals surface area contributed by atoms with Gasteiger partial charge in [-0.3, -0.25) is 4.79 Å². The summed E-state index contributed by atoms with van der Waals surface area (Å²) in [5, 5.41) is 2.41. The van der Waals surface area contributed by atoms with E-state index in [0.717, 1.165) is 6.07 Å². The van der Waals surface area contributed by atoms with Crippen molar-refractivity contribution in [1.29, 1.82) is 0 Å². The third kappa shape index (κ3) is 5.10. The van der Waals surface area contributed by atoms with E-state index in [1.807, 2.05) is 0 Å². The summed E-state index contributed by atoms with van der Waals surface area (Å²) in [6, 6.07) is 5.19. The van der Waals surface area contributed by atoms with Crippen LogP contribution in [0.15, 0.2) is 29.2 Å². The fraction of sp³-hybridized carbons (Fsp3) is 0.364. The standard InChI is InChI=1S/C11H14ClNO5S2/c1-2-19(15,16)7-6-13-11(14)9-4-3-5-10(8-9)20(12,17)18/h3-5,8H,2,6-7H2,1H3,(H,13,14). The molecule has 20 heavy (non-hydrogen) atoms. The van der Waals surface area contributed by atoms with Crippen molar-refractivity contribution < 1.29 is 21.6 Å². The van der Waals surface area contributed by atoms with Gasteiger partial charge in [-0.2, -0.15) is 0 Å². The zero-order valence-corrected chi connectivity index (χ0v) is 13.1. The van der Waals surface area contributed by atoms with Crippen LogP contribution in [0.3, 0.4) is 0 Å². The minimum absolute atomic E-state index is 0.00282. The first-order chi connectivity index (χ1) is 9.15. The second kappa shape index (κ2) is 6.55. The molecule has 1 rings (SSSR count). The summed E-state index contributed by atoms with van der Waals surface area (Å²) in [6.45, 7) is 1.48. The van der Waals surface area contributed by atoms with Crippen molar-refractivity contribution in [2.75, 3.05) is 18.1 Å². The van der Waals surface area contributed by atoms with E-state index >= 15 is 0 Å². The van der Waals surface area contributed by atoms with Crippen molar-refractivity contribution in [1.82, 2.24) is 5.32 Å². The van der Waals surface area contributed by atoms with Crippen LogP contribution >= 0.6 is 10.7 Å². The van der Waals surface area contributed by atoms with Crippen molar-refractivity contribution in [3.8, 4) is 0 Å². The Bertz CT molecular complexity index is 697. The Balaban J connectivity index is 2.74. The Kier molecular flexibility index (Phi) is 5.55. The first-order valence-corrected chi connectivity index (χ1v) is 9.82. The summed E-state index contributed by atoms with van der Waals surface area (Å²) in [4.78, 5) is 11.6. The monoisotopic (exact) mass is 339 g/mol. The lowest BCUT2D eigenvalue weighted by Gasteiger charge is -2.06. The molecule has 0 aliphatic carbocycles. The summed E-state index contributed by atoms with van der Waals surface area (Å²) in [5.74, 6) is -0.718. The second-order valence-electron chi connectivity index (χ2n) is 3.96. The molecule has 9 heteroatoms. The quantitative estimate of drug-likeness (QED) is 0.772. The van der Waals surface area contributed by atoms with Gasteiger partial charge in [0.1, 0.15) is 0 Å². The average Bonchev–Trinajstić information content (AvgIpc) is 2.37. The molecule has 1 amide bonds. The maximum absolute atomic E-state index is 11.8. The number of rotatable bonds is 6. The van der Waals surface area contributed by atoms with Crippen molar-refractivity contribution in [3.05, 3.63) is 29.8 Å². The van der Waals surface area contributed by atoms with Gasteiger partial charge in [0.05, 0.1) is 10.6 Å². The Hall–Kier alpha value is -1.12. The predicted molar refractivity (Wildman–Crippen MR) is 76.1 cm³/mol. The Morgan fingerprint density at radius 3 is 2.45 bits per heavy atom. The van der Waals surface area contributed by atoms with Gasteiger partial charge in [0, 0.05) is 28.5 Å². The van der Waals surface area contributed by atoms with Gasteiger partial charge in [-0.1, -0.05) is 13.0 Å². The highest BCUT2D eigenvalue weighted by molar-refractivity contribution is 8.13. The third-order valence-electron chi connectivity index (χ3n) is 2.52. The highest BCUT2D eigenvalue weighted by atomic mass is 35.7. The van der Waals surface area contributed by atoms with Gasteiger partial charge in [0.2, 0.25) is 0 Å². The van der Waals surface area contributed by atoms with Crippen molar-refractivity contribution in [2.45, 2.75) is 11.8 Å². The zero-order chi connectivity index (χ0) is 15.4. The zero-order valence-electron chi connectivity index (χ0n) is 10.7. The van der Waals surface area contributed by atoms with E-state index < -0.39 is 24.8 Å². The van der Waals surface area contributed by atoms with E-state index in [2.05, 4.69) is 5.32 Å². The van der Waals surface area contributed by atoms with Gasteiger partial charge in [0.25, 0.3) is 15.0 Å². The molecule has 0 bridgehead atoms. The molecule has 6 nitrogen and oxygen atoms in total. The maximum atomic E-state index is 11.8. The summed E-state index contributed by atoms with van der Waals surface area (Å²) in [7, 11) is -1.89. The topological polar surface area (TPSA) is 97.4 Å². The van der Waals surface area contributed by atoms with E-state index in [-0.39, 0.29) is 28.5 Å². The Morgan fingerprint density at radius 2 is 1.90 bits per heavy atom. The molecule has 0 saturated heterocycles. The molecule has 0 aliphatic rings. The fourth-order valence-electron chi connectivity index (χ4n) is 1.36. The van der Waals surface area contributed by atoms with Crippen LogP contribution in [0.4, 0.5) is 0 Å². The fourth-order valence-corrected chi connectivity index (χ4v) is 2.85. The van der Waals surface area contributed by atoms with Crippen molar-refractivity contribution in [3.63, 3.8) is 0 Å². The molecule has 0 saturated carbocycles. The SMILES string of the molecule is CCS(=O)(=O)CCNC(=O)c1cccc(S(=O)(=O)Cl)c1. The molecule has 0 radical (unpaired) electrons. The normalized spacial score (nSPS) is 12.1. The first kappa shape index (κ1) is 16.9. The number of amides is 1. The largest absolute Gasteiger partial charge is 0.351 e. The van der Waals surface area contributed by atoms with Gasteiger partial charge in [0.15, 0.2) is 9.84 Å². The van der Waals surface area contributed by atoms with Crippen molar-refractivity contribution >= 4 is 35.5 Å². The van der Waals surface area contributed by atoms with E-state index in [9.17, 15) is 21.6 Å². The van der Waals surface area contributed by atoms with E-state index in [4.69, 9.17) is 10.7 Å². The molecule has 0 atom stereocenters. The summed E-state index contributed by atoms with van der Waals surface area (Å²) in [5.41, 5.74) is 0.0978. The lowest BCUT2D eigenvalue weighted by molar-refractivity contribution is 0.0956. The van der Waals surface area contributed by atoms with Crippen LogP contribution in [-0.4, -0.2) is 40.8 Å². The molecule has 112 valence electrons. The minimum atomic E-state index is -3.91. The molecule has 0 fully saturated rings. The van der Waals surface area contributed by atoms with Crippen LogP contribution < -0.4 is 5.32 Å². The molecule has 1 aromatic carbocycles. The van der Waals surface area contributed by atoms with E-state index in [1.54, 1.807) is 0 Å². The van der Waals surface area contributed by atoms with Gasteiger partial charge in [-0.05, 0) is 18.2 Å². The summed E-state index contributed by atoms with van der Waals surface area (Å²) in [6.07, 6.45) is 0. The summed E-state index contributed by atoms with van der Waals surface area (Å²) < 4.78 is 44.8. The van der Waals surface area contributed by atoms with Gasteiger partial charge in [-0.15, -0.1) is 0 Å². The molecule has 0 unspecified atom stereocenters. The molecular weight excluding hydrogens is 326 g/mol. The highest BCUT2D eigenvalue weighted by Gasteiger charge is 2.14. The number of carbonyl (C=O) groups is 1. The highest BCUT2D eigenvalue weighted by Crippen LogP contribution is 2.16. The van der Waals surface area contributed by atoms with Gasteiger partial charge >= 0.3 is 0 Å². The molecule has 0 aliphatic heterocycles. The van der Waals surface area contributed by atoms with Crippen LogP contribution in [0.2, 0.25) is 0 Å². The molecule has 0 aromatic heterocycles. The van der Waals surface area contributed by atoms with Crippen LogP contribution in [0, 0.1) is 0 Å². The maximum Gasteiger partial charge on any atom is 0.261 e. The van der Waals surface area contributed by atoms with Crippen LogP contribution in [0.25, 0.3) is 0 Å². The molecule has 1 N–H and O–H groups in total. The van der Waals surface area contributed by atoms with Crippen LogP contribution in [0.1, 0.15) is 17.3 Å². The van der Waals surface area contributed by atoms with Gasteiger partial charge < -0.3 is 5.32 Å². The lowest BCUT2D eigenvalue weighted by Crippen LogP contribution is -2.29. The van der Waals surface area contributed by atoms with Crippen LogP contribution in [0.5, 0.6) is 0 Å². The average molecular weight is 340 g/mol. The minimum Gasteiger partial charge on any atom is -0.351 e. The number of benzene rings is 1. The summed E-state index contributed by atoms with van der Waals surface area (Å²) >= 11 is 0. The molecule has 0 heterocycles. The number of nitrogens with one attached hydrogen (secondary N) is 1. The number of carbonyl (C=O) groups excluding carboxylic acids is 1. The third-order valence-corrected chi connectivity index (χ3v) is 5.57. The Morgan fingerprint density at radius 1 is 1.25 bits per heavy atom. The Labute approximate surface area is 122 Å². The predicted octanol–water partition coefficient (Wildman–Crippen LogP) is 0.779. The number of hydrogen-bond acceptors (Lipinski definition) is 5. The molecule has 1 aromatic rings. The second-order valence-corrected chi connectivity index (χ2v) is 9.00. The smallest absolute Gasteiger partial charge is 0.261 e. The number of halogens is 1. The van der Waals surface area contributed by atoms with Crippen LogP contribution in [-0.2, 0) is 18.9 Å².